The van der Waals surface area contributed by atoms with Crippen molar-refractivity contribution in [3.63, 3.8) is 0 Å². The molecule has 0 radical (unpaired) electrons. The van der Waals surface area contributed by atoms with E-state index in [2.05, 4.69) is 15.5 Å². The predicted molar refractivity (Wildman–Crippen MR) is 107 cm³/mol. The Kier molecular flexibility index (Phi) is 4.06. The summed E-state index contributed by atoms with van der Waals surface area (Å²) in [4.78, 5) is 29.7. The number of quaternary nitrogens is 1. The van der Waals surface area contributed by atoms with Gasteiger partial charge in [0, 0.05) is 30.3 Å². The molecule has 1 atom stereocenters. The molecule has 2 aromatic rings. The topological polar surface area (TPSA) is 80.7 Å². The molecule has 1 aromatic carbocycles. The van der Waals surface area contributed by atoms with E-state index in [-0.39, 0.29) is 22.5 Å². The number of ether oxygens (including phenoxy) is 1. The molecule has 1 saturated carbocycles. The summed E-state index contributed by atoms with van der Waals surface area (Å²) in [6, 6.07) is 13.1. The summed E-state index contributed by atoms with van der Waals surface area (Å²) in [7, 11) is 0. The fourth-order valence-electron chi connectivity index (χ4n) is 4.44. The highest BCUT2D eigenvalue weighted by molar-refractivity contribution is 5.94. The summed E-state index contributed by atoms with van der Waals surface area (Å²) < 4.78 is 5.67. The van der Waals surface area contributed by atoms with E-state index in [4.69, 9.17) is 4.74 Å². The second kappa shape index (κ2) is 6.63. The van der Waals surface area contributed by atoms with Crippen molar-refractivity contribution in [1.82, 2.24) is 15.1 Å². The number of esters is 1. The molecule has 0 bridgehead atoms. The Balaban J connectivity index is 1.32. The largest absolute Gasteiger partial charge is 0.449 e. The summed E-state index contributed by atoms with van der Waals surface area (Å²) in [6.07, 6.45) is 9.46. The third-order valence-corrected chi connectivity index (χ3v) is 5.98. The van der Waals surface area contributed by atoms with Gasteiger partial charge >= 0.3 is 5.97 Å². The van der Waals surface area contributed by atoms with E-state index < -0.39 is 5.60 Å². The van der Waals surface area contributed by atoms with Crippen molar-refractivity contribution in [2.45, 2.75) is 31.3 Å². The third-order valence-electron chi connectivity index (χ3n) is 5.98. The first kappa shape index (κ1) is 17.8. The Morgan fingerprint density at radius 3 is 2.66 bits per heavy atom. The highest BCUT2D eigenvalue weighted by Crippen LogP contribution is 2.47. The summed E-state index contributed by atoms with van der Waals surface area (Å²) in [5, 5.41) is 4.47. The molecule has 1 unspecified atom stereocenters. The lowest BCUT2D eigenvalue weighted by Gasteiger charge is -2.35. The lowest BCUT2D eigenvalue weighted by molar-refractivity contribution is -0.131. The third kappa shape index (κ3) is 2.86. The smallest absolute Gasteiger partial charge is 0.341 e. The van der Waals surface area contributed by atoms with E-state index in [0.717, 1.165) is 5.69 Å². The molecule has 5 rings (SSSR count). The predicted octanol–water partition coefficient (Wildman–Crippen LogP) is 3.19. The molecule has 146 valence electrons. The maximum atomic E-state index is 13.1. The van der Waals surface area contributed by atoms with Crippen molar-refractivity contribution in [3.8, 4) is 0 Å². The van der Waals surface area contributed by atoms with Gasteiger partial charge in [0.15, 0.2) is 17.5 Å². The van der Waals surface area contributed by atoms with Crippen LogP contribution in [0, 0.1) is 5.92 Å². The van der Waals surface area contributed by atoms with Gasteiger partial charge in [-0.2, -0.15) is 5.43 Å². The number of para-hydroxylation sites is 1. The summed E-state index contributed by atoms with van der Waals surface area (Å²) >= 11 is 0. The minimum absolute atomic E-state index is 0.0574. The van der Waals surface area contributed by atoms with E-state index in [9.17, 15) is 9.59 Å². The van der Waals surface area contributed by atoms with Crippen LogP contribution in [0.25, 0.3) is 0 Å². The molecular weight excluding hydrogens is 368 g/mol. The minimum Gasteiger partial charge on any atom is -0.449 e. The van der Waals surface area contributed by atoms with Gasteiger partial charge in [-0.1, -0.05) is 23.3 Å². The molecule has 3 aliphatic rings. The van der Waals surface area contributed by atoms with Crippen molar-refractivity contribution in [1.29, 1.82) is 0 Å². The van der Waals surface area contributed by atoms with Crippen LogP contribution in [0.2, 0.25) is 0 Å². The minimum atomic E-state index is -0.693. The summed E-state index contributed by atoms with van der Waals surface area (Å²) in [6.45, 7) is 0. The van der Waals surface area contributed by atoms with Gasteiger partial charge in [0.1, 0.15) is 0 Å². The molecule has 3 heterocycles. The maximum absolute atomic E-state index is 13.1. The van der Waals surface area contributed by atoms with Gasteiger partial charge in [-0.15, -0.1) is 0 Å². The Bertz CT molecular complexity index is 1010. The van der Waals surface area contributed by atoms with Crippen LogP contribution in [0.4, 0.5) is 5.69 Å². The first-order valence-electron chi connectivity index (χ1n) is 9.81. The Labute approximate surface area is 168 Å². The number of hydrogen-bond donors (Lipinski definition) is 1. The van der Waals surface area contributed by atoms with Gasteiger partial charge in [0.2, 0.25) is 0 Å². The van der Waals surface area contributed by atoms with Crippen LogP contribution in [0.3, 0.4) is 0 Å². The number of nitrogens with zero attached hydrogens (tertiary/aromatic N) is 3. The number of nitrogens with one attached hydrogen (secondary N) is 1. The van der Waals surface area contributed by atoms with E-state index in [1.165, 1.54) is 0 Å². The van der Waals surface area contributed by atoms with Gasteiger partial charge in [-0.05, 0) is 42.5 Å². The molecule has 1 N–H and O–H groups in total. The molecule has 1 spiro atoms. The molecule has 1 amide bonds. The Morgan fingerprint density at radius 2 is 1.93 bits per heavy atom. The van der Waals surface area contributed by atoms with Crippen molar-refractivity contribution >= 4 is 23.8 Å². The molecule has 29 heavy (non-hydrogen) atoms. The van der Waals surface area contributed by atoms with Crippen molar-refractivity contribution in [2.75, 3.05) is 0 Å². The van der Waals surface area contributed by atoms with E-state index in [0.29, 0.717) is 36.9 Å². The van der Waals surface area contributed by atoms with Crippen LogP contribution in [0.1, 0.15) is 41.7 Å². The number of pyridine rings is 1. The van der Waals surface area contributed by atoms with Gasteiger partial charge in [-0.25, -0.2) is 4.79 Å². The number of amides is 1. The standard InChI is InChI=1S/C22H20N4O3/c27-20(25-26(15-5-14-24-26)17-6-2-1-3-7-17)16-9-11-22(12-10-16)19-18(21(28)29-22)8-4-13-23-19/h1-8,13-16H,9-12H2/p+1/t16-,22+,26?. The second-order valence-corrected chi connectivity index (χ2v) is 7.66. The molecular formula is C22H21N4O3+. The first-order chi connectivity index (χ1) is 14.1. The average molecular weight is 389 g/mol. The van der Waals surface area contributed by atoms with Crippen LogP contribution < -0.4 is 10.1 Å². The highest BCUT2D eigenvalue weighted by atomic mass is 16.6. The number of rotatable bonds is 3. The summed E-state index contributed by atoms with van der Waals surface area (Å²) in [5.74, 6) is -0.547. The number of carbonyl (C=O) groups excluding carboxylic acids is 2. The highest BCUT2D eigenvalue weighted by Gasteiger charge is 2.50. The van der Waals surface area contributed by atoms with Crippen molar-refractivity contribution in [3.05, 3.63) is 72.2 Å². The number of carbonyl (C=O) groups is 2. The van der Waals surface area contributed by atoms with Gasteiger partial charge < -0.3 is 4.74 Å². The van der Waals surface area contributed by atoms with E-state index in [1.807, 2.05) is 42.6 Å². The SMILES string of the molecule is O=C1O[C@]2(CC[C@@H](C(=O)N[N+]3(c4ccccc4)C=CC=N3)CC2)c2ncccc21. The first-order valence-corrected chi connectivity index (χ1v) is 9.81. The average Bonchev–Trinajstić information content (AvgIpc) is 3.34. The van der Waals surface area contributed by atoms with Crippen LogP contribution in [0.5, 0.6) is 0 Å². The lowest BCUT2D eigenvalue weighted by Crippen LogP contribution is -2.55. The van der Waals surface area contributed by atoms with Gasteiger partial charge in [0.05, 0.1) is 17.5 Å². The molecule has 1 aliphatic carbocycles. The molecule has 7 nitrogen and oxygen atoms in total. The molecule has 1 aromatic heterocycles. The number of aromatic nitrogens is 1. The van der Waals surface area contributed by atoms with Crippen LogP contribution in [-0.4, -0.2) is 23.1 Å². The van der Waals surface area contributed by atoms with E-state index >= 15 is 0 Å². The normalized spacial score (nSPS) is 29.7. The zero-order valence-corrected chi connectivity index (χ0v) is 15.8. The molecule has 1 fully saturated rings. The number of benzene rings is 1. The van der Waals surface area contributed by atoms with Crippen LogP contribution >= 0.6 is 0 Å². The zero-order valence-electron chi connectivity index (χ0n) is 15.8. The number of hydrogen-bond acceptors (Lipinski definition) is 5. The molecule has 7 heteroatoms. The Morgan fingerprint density at radius 1 is 1.14 bits per heavy atom. The van der Waals surface area contributed by atoms with Crippen molar-refractivity contribution < 1.29 is 14.3 Å². The Hall–Kier alpha value is -3.32. The summed E-state index contributed by atoms with van der Waals surface area (Å²) in [5.41, 5.74) is 4.50. The van der Waals surface area contributed by atoms with Crippen molar-refractivity contribution in [2.24, 2.45) is 11.0 Å². The fraction of sp³-hybridized carbons (Fsp3) is 0.273. The van der Waals surface area contributed by atoms with Crippen LogP contribution in [0.15, 0.2) is 66.0 Å². The fourth-order valence-corrected chi connectivity index (χ4v) is 4.44. The van der Waals surface area contributed by atoms with Crippen LogP contribution in [-0.2, 0) is 15.1 Å². The van der Waals surface area contributed by atoms with Gasteiger partial charge in [0.25, 0.3) is 5.91 Å². The molecule has 2 aliphatic heterocycles. The van der Waals surface area contributed by atoms with Gasteiger partial charge in [-0.3, -0.25) is 9.78 Å². The molecule has 0 saturated heterocycles. The number of allylic oxidation sites excluding steroid dienone is 1. The van der Waals surface area contributed by atoms with E-state index in [1.54, 1.807) is 24.5 Å². The number of fused-ring (bicyclic) bond motifs is 2. The lowest BCUT2D eigenvalue weighted by atomic mass is 9.76. The monoisotopic (exact) mass is 389 g/mol. The second-order valence-electron chi connectivity index (χ2n) is 7.66. The zero-order chi connectivity index (χ0) is 19.9. The maximum Gasteiger partial charge on any atom is 0.341 e. The quantitative estimate of drug-likeness (QED) is 0.646.